The van der Waals surface area contributed by atoms with Gasteiger partial charge in [-0.1, -0.05) is 18.0 Å². The molecule has 0 heterocycles. The molecule has 1 aliphatic rings. The highest BCUT2D eigenvalue weighted by Crippen LogP contribution is 2.47. The summed E-state index contributed by atoms with van der Waals surface area (Å²) in [6.07, 6.45) is 2.83. The number of hydrogen-bond acceptors (Lipinski definition) is 2. The number of hydrogen-bond donors (Lipinski definition) is 2. The number of phenols is 1. The predicted octanol–water partition coefficient (Wildman–Crippen LogP) is 2.57. The molecular weight excluding hydrogens is 217 g/mol. The van der Waals surface area contributed by atoms with Gasteiger partial charge in [-0.2, -0.15) is 0 Å². The summed E-state index contributed by atoms with van der Waals surface area (Å²) in [5, 5.41) is 9.97. The number of aromatic hydroxyl groups is 1. The van der Waals surface area contributed by atoms with Crippen molar-refractivity contribution in [3.8, 4) is 5.75 Å². The SMILES string of the molecule is NCC1(c2cc(Cl)cc(F)c2O)CCC1. The van der Waals surface area contributed by atoms with Crippen LogP contribution in [0.1, 0.15) is 24.8 Å². The quantitative estimate of drug-likeness (QED) is 0.819. The molecule has 15 heavy (non-hydrogen) atoms. The average molecular weight is 230 g/mol. The highest BCUT2D eigenvalue weighted by Gasteiger charge is 2.40. The molecule has 0 aromatic heterocycles. The van der Waals surface area contributed by atoms with Crippen molar-refractivity contribution in [2.24, 2.45) is 5.73 Å². The summed E-state index contributed by atoms with van der Waals surface area (Å²) in [7, 11) is 0. The van der Waals surface area contributed by atoms with Gasteiger partial charge in [0.2, 0.25) is 0 Å². The number of nitrogens with two attached hydrogens (primary N) is 1. The lowest BCUT2D eigenvalue weighted by Crippen LogP contribution is -2.41. The predicted molar refractivity (Wildman–Crippen MR) is 57.7 cm³/mol. The zero-order valence-corrected chi connectivity index (χ0v) is 9.02. The average Bonchev–Trinajstić information content (AvgIpc) is 2.12. The van der Waals surface area contributed by atoms with E-state index in [2.05, 4.69) is 0 Å². The lowest BCUT2D eigenvalue weighted by atomic mass is 9.64. The summed E-state index contributed by atoms with van der Waals surface area (Å²) in [6.45, 7) is 0.417. The molecule has 1 aromatic rings. The van der Waals surface area contributed by atoms with Gasteiger partial charge in [0.25, 0.3) is 0 Å². The van der Waals surface area contributed by atoms with Crippen LogP contribution in [-0.4, -0.2) is 11.7 Å². The summed E-state index contributed by atoms with van der Waals surface area (Å²) in [5.74, 6) is -0.971. The van der Waals surface area contributed by atoms with Crippen LogP contribution in [0.15, 0.2) is 12.1 Å². The normalized spacial score (nSPS) is 18.6. The van der Waals surface area contributed by atoms with Crippen LogP contribution in [0, 0.1) is 5.82 Å². The van der Waals surface area contributed by atoms with E-state index in [4.69, 9.17) is 17.3 Å². The number of halogens is 2. The van der Waals surface area contributed by atoms with E-state index in [1.54, 1.807) is 6.07 Å². The van der Waals surface area contributed by atoms with Gasteiger partial charge in [-0.15, -0.1) is 0 Å². The highest BCUT2D eigenvalue weighted by molar-refractivity contribution is 6.30. The van der Waals surface area contributed by atoms with Gasteiger partial charge in [0, 0.05) is 22.5 Å². The van der Waals surface area contributed by atoms with Crippen molar-refractivity contribution in [1.82, 2.24) is 0 Å². The van der Waals surface area contributed by atoms with Gasteiger partial charge in [-0.25, -0.2) is 4.39 Å². The Labute approximate surface area is 92.9 Å². The molecule has 2 nitrogen and oxygen atoms in total. The van der Waals surface area contributed by atoms with E-state index in [1.807, 2.05) is 0 Å². The Morgan fingerprint density at radius 2 is 2.13 bits per heavy atom. The van der Waals surface area contributed by atoms with Crippen molar-refractivity contribution in [1.29, 1.82) is 0 Å². The van der Waals surface area contributed by atoms with Gasteiger partial charge in [0.15, 0.2) is 11.6 Å². The maximum Gasteiger partial charge on any atom is 0.166 e. The van der Waals surface area contributed by atoms with Crippen molar-refractivity contribution in [3.05, 3.63) is 28.5 Å². The minimum Gasteiger partial charge on any atom is -0.505 e. The Balaban J connectivity index is 2.51. The third kappa shape index (κ3) is 1.60. The molecule has 0 radical (unpaired) electrons. The molecule has 1 aromatic carbocycles. The van der Waals surface area contributed by atoms with E-state index in [0.29, 0.717) is 17.1 Å². The zero-order chi connectivity index (χ0) is 11.1. The van der Waals surface area contributed by atoms with Gasteiger partial charge < -0.3 is 10.8 Å². The maximum absolute atomic E-state index is 13.3. The largest absolute Gasteiger partial charge is 0.505 e. The van der Waals surface area contributed by atoms with Crippen LogP contribution >= 0.6 is 11.6 Å². The van der Waals surface area contributed by atoms with Gasteiger partial charge in [-0.05, 0) is 25.0 Å². The monoisotopic (exact) mass is 229 g/mol. The Morgan fingerprint density at radius 3 is 2.60 bits per heavy atom. The van der Waals surface area contributed by atoms with Crippen molar-refractivity contribution < 1.29 is 9.50 Å². The first-order valence-electron chi connectivity index (χ1n) is 4.98. The van der Waals surface area contributed by atoms with Gasteiger partial charge >= 0.3 is 0 Å². The Morgan fingerprint density at radius 1 is 1.47 bits per heavy atom. The molecule has 2 rings (SSSR count). The van der Waals surface area contributed by atoms with E-state index < -0.39 is 5.82 Å². The Hall–Kier alpha value is -0.800. The van der Waals surface area contributed by atoms with Crippen LogP contribution in [0.5, 0.6) is 5.75 Å². The summed E-state index contributed by atoms with van der Waals surface area (Å²) in [6, 6.07) is 2.73. The lowest BCUT2D eigenvalue weighted by molar-refractivity contribution is 0.242. The number of phenolic OH excluding ortho intramolecular Hbond substituents is 1. The highest BCUT2D eigenvalue weighted by atomic mass is 35.5. The van der Waals surface area contributed by atoms with E-state index >= 15 is 0 Å². The molecular formula is C11H13ClFNO. The fraction of sp³-hybridized carbons (Fsp3) is 0.455. The van der Waals surface area contributed by atoms with Crippen LogP contribution in [0.25, 0.3) is 0 Å². The fourth-order valence-corrected chi connectivity index (χ4v) is 2.36. The van der Waals surface area contributed by atoms with Gasteiger partial charge in [0.1, 0.15) is 0 Å². The van der Waals surface area contributed by atoms with Crippen LogP contribution < -0.4 is 5.73 Å². The summed E-state index contributed by atoms with van der Waals surface area (Å²) in [4.78, 5) is 0. The summed E-state index contributed by atoms with van der Waals surface area (Å²) >= 11 is 5.77. The molecule has 0 bridgehead atoms. The van der Waals surface area contributed by atoms with Crippen LogP contribution in [0.4, 0.5) is 4.39 Å². The molecule has 0 unspecified atom stereocenters. The third-order valence-electron chi connectivity index (χ3n) is 3.30. The topological polar surface area (TPSA) is 46.2 Å². The maximum atomic E-state index is 13.3. The van der Waals surface area contributed by atoms with Crippen molar-refractivity contribution in [2.75, 3.05) is 6.54 Å². The first-order valence-corrected chi connectivity index (χ1v) is 5.35. The zero-order valence-electron chi connectivity index (χ0n) is 8.26. The first kappa shape index (κ1) is 10.7. The molecule has 0 amide bonds. The summed E-state index contributed by atoms with van der Waals surface area (Å²) in [5.41, 5.74) is 5.98. The van der Waals surface area contributed by atoms with E-state index in [-0.39, 0.29) is 11.2 Å². The van der Waals surface area contributed by atoms with Crippen molar-refractivity contribution in [2.45, 2.75) is 24.7 Å². The van der Waals surface area contributed by atoms with Gasteiger partial charge in [0.05, 0.1) is 0 Å². The minimum atomic E-state index is -0.669. The molecule has 3 N–H and O–H groups in total. The number of benzene rings is 1. The van der Waals surface area contributed by atoms with Crippen molar-refractivity contribution >= 4 is 11.6 Å². The molecule has 1 aliphatic carbocycles. The summed E-state index contributed by atoms with van der Waals surface area (Å²) < 4.78 is 13.3. The molecule has 4 heteroatoms. The molecule has 0 spiro atoms. The molecule has 0 saturated heterocycles. The Bertz CT molecular complexity index is 385. The lowest BCUT2D eigenvalue weighted by Gasteiger charge is -2.41. The molecule has 1 fully saturated rings. The van der Waals surface area contributed by atoms with E-state index in [0.717, 1.165) is 25.3 Å². The first-order chi connectivity index (χ1) is 7.09. The number of rotatable bonds is 2. The van der Waals surface area contributed by atoms with Crippen LogP contribution in [0.2, 0.25) is 5.02 Å². The Kier molecular flexibility index (Phi) is 2.61. The minimum absolute atomic E-state index is 0.268. The standard InChI is InChI=1S/C11H13ClFNO/c12-7-4-8(10(15)9(13)5-7)11(6-14)2-1-3-11/h4-5,15H,1-3,6,14H2. The van der Waals surface area contributed by atoms with Gasteiger partial charge in [-0.3, -0.25) is 0 Å². The molecule has 82 valence electrons. The second kappa shape index (κ2) is 3.65. The van der Waals surface area contributed by atoms with Crippen molar-refractivity contribution in [3.63, 3.8) is 0 Å². The fourth-order valence-electron chi connectivity index (χ4n) is 2.16. The third-order valence-corrected chi connectivity index (χ3v) is 3.52. The van der Waals surface area contributed by atoms with Crippen LogP contribution in [0.3, 0.4) is 0 Å². The second-order valence-electron chi connectivity index (χ2n) is 4.12. The smallest absolute Gasteiger partial charge is 0.166 e. The second-order valence-corrected chi connectivity index (χ2v) is 4.56. The molecule has 0 atom stereocenters. The molecule has 0 aliphatic heterocycles. The van der Waals surface area contributed by atoms with E-state index in [9.17, 15) is 9.50 Å². The van der Waals surface area contributed by atoms with E-state index in [1.165, 1.54) is 0 Å². The molecule has 1 saturated carbocycles. The van der Waals surface area contributed by atoms with Crippen LogP contribution in [-0.2, 0) is 5.41 Å².